The van der Waals surface area contributed by atoms with Gasteiger partial charge in [0.05, 0.1) is 12.6 Å². The summed E-state index contributed by atoms with van der Waals surface area (Å²) in [5.41, 5.74) is 4.70. The molecular weight excluding hydrogens is 364 g/mol. The lowest BCUT2D eigenvalue weighted by Crippen LogP contribution is -2.45. The SMILES string of the molecule is Cc1cc(C(O)NC2CCc3ccccc3N(C)C2=O)nn1Cc1ccccc1. The molecule has 3 aromatic rings. The Morgan fingerprint density at radius 3 is 2.69 bits per heavy atom. The quantitative estimate of drug-likeness (QED) is 0.658. The van der Waals surface area contributed by atoms with Gasteiger partial charge in [0.25, 0.3) is 0 Å². The lowest BCUT2D eigenvalue weighted by molar-refractivity contribution is -0.121. The normalized spacial score (nSPS) is 17.7. The van der Waals surface area contributed by atoms with Crippen molar-refractivity contribution in [1.29, 1.82) is 0 Å². The van der Waals surface area contributed by atoms with Gasteiger partial charge in [0, 0.05) is 18.4 Å². The van der Waals surface area contributed by atoms with E-state index in [0.717, 1.165) is 28.9 Å². The Labute approximate surface area is 170 Å². The monoisotopic (exact) mass is 390 g/mol. The number of rotatable bonds is 5. The molecule has 0 fully saturated rings. The number of aliphatic hydroxyl groups excluding tert-OH is 1. The average Bonchev–Trinajstić information content (AvgIpc) is 3.06. The number of aliphatic hydroxyl groups is 1. The molecule has 1 aromatic heterocycles. The predicted octanol–water partition coefficient (Wildman–Crippen LogP) is 2.80. The van der Waals surface area contributed by atoms with Crippen molar-refractivity contribution in [3.05, 3.63) is 83.2 Å². The highest BCUT2D eigenvalue weighted by Crippen LogP contribution is 2.26. The van der Waals surface area contributed by atoms with Gasteiger partial charge in [-0.25, -0.2) is 0 Å². The summed E-state index contributed by atoms with van der Waals surface area (Å²) >= 11 is 0. The molecule has 2 unspecified atom stereocenters. The number of nitrogens with zero attached hydrogens (tertiary/aromatic N) is 3. The van der Waals surface area contributed by atoms with E-state index < -0.39 is 12.3 Å². The zero-order valence-electron chi connectivity index (χ0n) is 16.7. The Morgan fingerprint density at radius 1 is 1.17 bits per heavy atom. The van der Waals surface area contributed by atoms with Crippen LogP contribution in [-0.4, -0.2) is 33.9 Å². The maximum Gasteiger partial charge on any atom is 0.243 e. The van der Waals surface area contributed by atoms with Crippen LogP contribution in [0.15, 0.2) is 60.7 Å². The molecule has 4 rings (SSSR count). The Kier molecular flexibility index (Phi) is 5.47. The van der Waals surface area contributed by atoms with E-state index in [-0.39, 0.29) is 5.91 Å². The smallest absolute Gasteiger partial charge is 0.243 e. The summed E-state index contributed by atoms with van der Waals surface area (Å²) in [5, 5.41) is 18.4. The summed E-state index contributed by atoms with van der Waals surface area (Å²) in [4.78, 5) is 14.6. The van der Waals surface area contributed by atoms with Crippen molar-refractivity contribution < 1.29 is 9.90 Å². The third-order valence-corrected chi connectivity index (χ3v) is 5.50. The summed E-state index contributed by atoms with van der Waals surface area (Å²) in [7, 11) is 1.78. The number of hydrogen-bond acceptors (Lipinski definition) is 4. The molecule has 1 aliphatic heterocycles. The fraction of sp³-hybridized carbons (Fsp3) is 0.304. The molecule has 2 heterocycles. The van der Waals surface area contributed by atoms with E-state index in [2.05, 4.69) is 10.4 Å². The molecule has 0 spiro atoms. The van der Waals surface area contributed by atoms with E-state index in [4.69, 9.17) is 0 Å². The first kappa shape index (κ1) is 19.4. The highest BCUT2D eigenvalue weighted by Gasteiger charge is 2.30. The molecule has 0 radical (unpaired) electrons. The molecule has 1 amide bonds. The number of fused-ring (bicyclic) bond motifs is 1. The molecule has 2 aromatic carbocycles. The highest BCUT2D eigenvalue weighted by molar-refractivity contribution is 5.98. The van der Waals surface area contributed by atoms with E-state index in [1.807, 2.05) is 72.3 Å². The number of likely N-dealkylation sites (N-methyl/N-ethyl adjacent to an activating group) is 1. The fourth-order valence-electron chi connectivity index (χ4n) is 3.84. The standard InChI is InChI=1S/C23H26N4O2/c1-16-14-20(25-27(16)15-17-8-4-3-5-9-17)22(28)24-19-13-12-18-10-6-7-11-21(18)26(2)23(19)29/h3-11,14,19,22,24,28H,12-13,15H2,1-2H3. The lowest BCUT2D eigenvalue weighted by atomic mass is 10.1. The minimum atomic E-state index is -1.01. The van der Waals surface area contributed by atoms with Crippen LogP contribution in [0.4, 0.5) is 5.69 Å². The number of hydrogen-bond donors (Lipinski definition) is 2. The van der Waals surface area contributed by atoms with Crippen LogP contribution in [0.5, 0.6) is 0 Å². The average molecular weight is 390 g/mol. The van der Waals surface area contributed by atoms with Gasteiger partial charge < -0.3 is 10.0 Å². The lowest BCUT2D eigenvalue weighted by Gasteiger charge is -2.23. The molecule has 1 aliphatic rings. The van der Waals surface area contributed by atoms with Gasteiger partial charge >= 0.3 is 0 Å². The first-order valence-corrected chi connectivity index (χ1v) is 9.91. The molecule has 0 saturated carbocycles. The first-order valence-electron chi connectivity index (χ1n) is 9.91. The number of carbonyl (C=O) groups is 1. The number of para-hydroxylation sites is 1. The summed E-state index contributed by atoms with van der Waals surface area (Å²) in [6.07, 6.45) is 0.397. The Hall–Kier alpha value is -2.96. The Morgan fingerprint density at radius 2 is 1.90 bits per heavy atom. The molecule has 0 saturated heterocycles. The van der Waals surface area contributed by atoms with Gasteiger partial charge in [-0.2, -0.15) is 5.10 Å². The van der Waals surface area contributed by atoms with Gasteiger partial charge in [-0.1, -0.05) is 48.5 Å². The molecule has 150 valence electrons. The molecule has 6 nitrogen and oxygen atoms in total. The maximum absolute atomic E-state index is 12.9. The molecule has 2 atom stereocenters. The number of aryl methyl sites for hydroxylation is 2. The summed E-state index contributed by atoms with van der Waals surface area (Å²) in [5.74, 6) is -0.0468. The van der Waals surface area contributed by atoms with Gasteiger partial charge in [-0.15, -0.1) is 0 Å². The van der Waals surface area contributed by atoms with Crippen molar-refractivity contribution in [3.63, 3.8) is 0 Å². The van der Waals surface area contributed by atoms with Crippen LogP contribution in [0, 0.1) is 6.92 Å². The summed E-state index contributed by atoms with van der Waals surface area (Å²) in [6.45, 7) is 2.60. The summed E-state index contributed by atoms with van der Waals surface area (Å²) in [6, 6.07) is 19.4. The van der Waals surface area contributed by atoms with E-state index in [9.17, 15) is 9.90 Å². The zero-order chi connectivity index (χ0) is 20.4. The number of anilines is 1. The van der Waals surface area contributed by atoms with Gasteiger partial charge in [0.2, 0.25) is 5.91 Å². The predicted molar refractivity (Wildman–Crippen MR) is 113 cm³/mol. The van der Waals surface area contributed by atoms with Crippen LogP contribution in [0.25, 0.3) is 0 Å². The molecular formula is C23H26N4O2. The first-order chi connectivity index (χ1) is 14.0. The number of aromatic nitrogens is 2. The minimum absolute atomic E-state index is 0.0468. The van der Waals surface area contributed by atoms with Crippen LogP contribution >= 0.6 is 0 Å². The number of benzene rings is 2. The number of nitrogens with one attached hydrogen (secondary N) is 1. The second kappa shape index (κ2) is 8.19. The van der Waals surface area contributed by atoms with E-state index >= 15 is 0 Å². The van der Waals surface area contributed by atoms with Crippen molar-refractivity contribution in [2.45, 2.75) is 38.6 Å². The van der Waals surface area contributed by atoms with Crippen molar-refractivity contribution in [2.24, 2.45) is 0 Å². The minimum Gasteiger partial charge on any atom is -0.373 e. The van der Waals surface area contributed by atoms with Crippen LogP contribution in [0.3, 0.4) is 0 Å². The number of amides is 1. The van der Waals surface area contributed by atoms with Crippen molar-refractivity contribution in [1.82, 2.24) is 15.1 Å². The Balaban J connectivity index is 1.48. The zero-order valence-corrected chi connectivity index (χ0v) is 16.7. The maximum atomic E-state index is 12.9. The Bertz CT molecular complexity index is 999. The topological polar surface area (TPSA) is 70.4 Å². The van der Waals surface area contributed by atoms with E-state index in [0.29, 0.717) is 18.7 Å². The van der Waals surface area contributed by atoms with Crippen LogP contribution in [-0.2, 0) is 17.8 Å². The second-order valence-corrected chi connectivity index (χ2v) is 7.54. The van der Waals surface area contributed by atoms with Gasteiger partial charge in [-0.05, 0) is 43.0 Å². The van der Waals surface area contributed by atoms with Gasteiger partial charge in [-0.3, -0.25) is 14.8 Å². The van der Waals surface area contributed by atoms with Crippen molar-refractivity contribution in [2.75, 3.05) is 11.9 Å². The summed E-state index contributed by atoms with van der Waals surface area (Å²) < 4.78 is 1.87. The molecule has 0 aliphatic carbocycles. The van der Waals surface area contributed by atoms with Crippen LogP contribution < -0.4 is 10.2 Å². The highest BCUT2D eigenvalue weighted by atomic mass is 16.3. The van der Waals surface area contributed by atoms with E-state index in [1.54, 1.807) is 11.9 Å². The van der Waals surface area contributed by atoms with Crippen LogP contribution in [0.1, 0.15) is 35.2 Å². The van der Waals surface area contributed by atoms with Crippen molar-refractivity contribution >= 4 is 11.6 Å². The van der Waals surface area contributed by atoms with Gasteiger partial charge in [0.15, 0.2) is 6.23 Å². The van der Waals surface area contributed by atoms with Crippen molar-refractivity contribution in [3.8, 4) is 0 Å². The number of carbonyl (C=O) groups excluding carboxylic acids is 1. The molecule has 29 heavy (non-hydrogen) atoms. The largest absolute Gasteiger partial charge is 0.373 e. The second-order valence-electron chi connectivity index (χ2n) is 7.54. The molecule has 0 bridgehead atoms. The molecule has 6 heteroatoms. The van der Waals surface area contributed by atoms with E-state index in [1.165, 1.54) is 0 Å². The third kappa shape index (κ3) is 4.09. The third-order valence-electron chi connectivity index (χ3n) is 5.50. The fourth-order valence-corrected chi connectivity index (χ4v) is 3.84. The van der Waals surface area contributed by atoms with Gasteiger partial charge in [0.1, 0.15) is 5.69 Å². The molecule has 2 N–H and O–H groups in total. The van der Waals surface area contributed by atoms with Crippen LogP contribution in [0.2, 0.25) is 0 Å².